The Hall–Kier alpha value is -2.08. The number of aryl methyl sites for hydroxylation is 1. The third-order valence-electron chi connectivity index (χ3n) is 4.87. The molecule has 0 radical (unpaired) electrons. The summed E-state index contributed by atoms with van der Waals surface area (Å²) in [4.78, 5) is 12.5. The molecule has 2 aromatic rings. The number of allylic oxidation sites excluding steroid dienone is 1. The molecule has 0 spiro atoms. The van der Waals surface area contributed by atoms with Gasteiger partial charge in [-0.05, 0) is 51.5 Å². The minimum atomic E-state index is -0.205. The molecular weight excluding hydrogens is 356 g/mol. The Kier molecular flexibility index (Phi) is 7.10. The molecule has 1 aliphatic carbocycles. The Morgan fingerprint density at radius 2 is 2.07 bits per heavy atom. The molecule has 1 aromatic carbocycles. The summed E-state index contributed by atoms with van der Waals surface area (Å²) in [5.41, 5.74) is 2.68. The average Bonchev–Trinajstić information content (AvgIpc) is 3.03. The number of nitrogens with zero attached hydrogens (tertiary/aromatic N) is 3. The van der Waals surface area contributed by atoms with Crippen molar-refractivity contribution in [2.75, 3.05) is 6.54 Å². The fourth-order valence-corrected chi connectivity index (χ4v) is 4.15. The molecule has 1 aliphatic rings. The van der Waals surface area contributed by atoms with Gasteiger partial charge in [-0.1, -0.05) is 53.7 Å². The first kappa shape index (κ1) is 19.7. The summed E-state index contributed by atoms with van der Waals surface area (Å²) in [6.07, 6.45) is 8.25. The maximum atomic E-state index is 12.5. The van der Waals surface area contributed by atoms with E-state index in [1.165, 1.54) is 48.6 Å². The normalized spacial score (nSPS) is 15.3. The number of hydrogen-bond acceptors (Lipinski definition) is 4. The second-order valence-electron chi connectivity index (χ2n) is 7.01. The van der Waals surface area contributed by atoms with Gasteiger partial charge in [0.2, 0.25) is 5.91 Å². The van der Waals surface area contributed by atoms with Crippen LogP contribution in [0.1, 0.15) is 50.4 Å². The molecule has 1 N–H and O–H groups in total. The molecule has 3 rings (SSSR count). The van der Waals surface area contributed by atoms with Crippen LogP contribution in [-0.4, -0.2) is 32.5 Å². The smallest absolute Gasteiger partial charge is 0.233 e. The van der Waals surface area contributed by atoms with Crippen molar-refractivity contribution in [3.8, 4) is 0 Å². The van der Waals surface area contributed by atoms with Crippen LogP contribution in [0.3, 0.4) is 0 Å². The third-order valence-corrected chi connectivity index (χ3v) is 5.95. The molecule has 0 aliphatic heterocycles. The highest BCUT2D eigenvalue weighted by Crippen LogP contribution is 2.24. The highest BCUT2D eigenvalue weighted by Gasteiger charge is 2.19. The first-order chi connectivity index (χ1) is 13.1. The van der Waals surface area contributed by atoms with Gasteiger partial charge in [0.1, 0.15) is 5.82 Å². The van der Waals surface area contributed by atoms with E-state index in [0.717, 1.165) is 17.4 Å². The van der Waals surface area contributed by atoms with Gasteiger partial charge in [0, 0.05) is 6.54 Å². The summed E-state index contributed by atoms with van der Waals surface area (Å²) in [7, 11) is 0. The van der Waals surface area contributed by atoms with Crippen LogP contribution in [0, 0.1) is 6.92 Å². The van der Waals surface area contributed by atoms with E-state index < -0.39 is 0 Å². The number of rotatable bonds is 8. The average molecular weight is 385 g/mol. The minimum absolute atomic E-state index is 0.0586. The molecule has 1 aromatic heterocycles. The summed E-state index contributed by atoms with van der Waals surface area (Å²) in [5, 5.41) is 12.1. The monoisotopic (exact) mass is 384 g/mol. The molecule has 1 atom stereocenters. The van der Waals surface area contributed by atoms with Crippen LogP contribution in [0.4, 0.5) is 0 Å². The Balaban J connectivity index is 1.53. The van der Waals surface area contributed by atoms with E-state index in [0.29, 0.717) is 13.1 Å². The highest BCUT2D eigenvalue weighted by atomic mass is 32.2. The lowest BCUT2D eigenvalue weighted by Crippen LogP contribution is -2.32. The van der Waals surface area contributed by atoms with Gasteiger partial charge in [-0.25, -0.2) is 0 Å². The van der Waals surface area contributed by atoms with Crippen molar-refractivity contribution in [3.63, 3.8) is 0 Å². The topological polar surface area (TPSA) is 59.8 Å². The molecule has 1 heterocycles. The van der Waals surface area contributed by atoms with Crippen LogP contribution < -0.4 is 5.32 Å². The van der Waals surface area contributed by atoms with Gasteiger partial charge in [0.25, 0.3) is 0 Å². The van der Waals surface area contributed by atoms with Crippen molar-refractivity contribution in [2.45, 2.75) is 62.9 Å². The standard InChI is InChI=1S/C21H28N4OS/c1-16(20(26)22-14-13-18-9-5-3-6-10-18)27-21-24-23-17(2)25(21)15-19-11-7-4-8-12-19/h4,7-9,11-12,16H,3,5-6,10,13-15H2,1-2H3,(H,22,26). The zero-order chi connectivity index (χ0) is 19.1. The Morgan fingerprint density at radius 3 is 2.81 bits per heavy atom. The van der Waals surface area contributed by atoms with Crippen LogP contribution in [-0.2, 0) is 11.3 Å². The van der Waals surface area contributed by atoms with Gasteiger partial charge < -0.3 is 9.88 Å². The first-order valence-electron chi connectivity index (χ1n) is 9.69. The van der Waals surface area contributed by atoms with Gasteiger partial charge in [-0.3, -0.25) is 4.79 Å². The molecular formula is C21H28N4OS. The number of carbonyl (C=O) groups excluding carboxylic acids is 1. The van der Waals surface area contributed by atoms with Crippen molar-refractivity contribution < 1.29 is 4.79 Å². The summed E-state index contributed by atoms with van der Waals surface area (Å²) in [6.45, 7) is 5.30. The molecule has 0 bridgehead atoms. The van der Waals surface area contributed by atoms with E-state index in [1.54, 1.807) is 0 Å². The second kappa shape index (κ2) is 9.74. The van der Waals surface area contributed by atoms with Gasteiger partial charge in [0.05, 0.1) is 11.8 Å². The van der Waals surface area contributed by atoms with E-state index in [9.17, 15) is 4.79 Å². The molecule has 5 nitrogen and oxygen atoms in total. The molecule has 1 amide bonds. The summed E-state index contributed by atoms with van der Waals surface area (Å²) >= 11 is 1.47. The van der Waals surface area contributed by atoms with Crippen LogP contribution in [0.5, 0.6) is 0 Å². The van der Waals surface area contributed by atoms with Crippen LogP contribution >= 0.6 is 11.8 Å². The zero-order valence-electron chi connectivity index (χ0n) is 16.1. The molecule has 144 valence electrons. The Bertz CT molecular complexity index is 785. The van der Waals surface area contributed by atoms with Crippen molar-refractivity contribution in [3.05, 3.63) is 53.4 Å². The summed E-state index contributed by atoms with van der Waals surface area (Å²) < 4.78 is 2.07. The fourth-order valence-electron chi connectivity index (χ4n) is 3.23. The van der Waals surface area contributed by atoms with Gasteiger partial charge in [-0.2, -0.15) is 0 Å². The Labute approximate surface area is 165 Å². The lowest BCUT2D eigenvalue weighted by Gasteiger charge is -2.15. The number of benzene rings is 1. The Morgan fingerprint density at radius 1 is 1.26 bits per heavy atom. The van der Waals surface area contributed by atoms with Crippen molar-refractivity contribution in [1.29, 1.82) is 0 Å². The highest BCUT2D eigenvalue weighted by molar-refractivity contribution is 8.00. The number of carbonyl (C=O) groups is 1. The number of aromatic nitrogens is 3. The van der Waals surface area contributed by atoms with E-state index in [1.807, 2.05) is 32.0 Å². The van der Waals surface area contributed by atoms with Crippen molar-refractivity contribution in [1.82, 2.24) is 20.1 Å². The maximum Gasteiger partial charge on any atom is 0.233 e. The molecule has 0 saturated carbocycles. The molecule has 6 heteroatoms. The quantitative estimate of drug-likeness (QED) is 0.549. The number of hydrogen-bond donors (Lipinski definition) is 1. The second-order valence-corrected chi connectivity index (χ2v) is 8.32. The molecule has 0 fully saturated rings. The van der Waals surface area contributed by atoms with Gasteiger partial charge in [0.15, 0.2) is 5.16 Å². The minimum Gasteiger partial charge on any atom is -0.355 e. The predicted octanol–water partition coefficient (Wildman–Crippen LogP) is 4.12. The zero-order valence-corrected chi connectivity index (χ0v) is 17.0. The molecule has 1 unspecified atom stereocenters. The maximum absolute atomic E-state index is 12.5. The van der Waals surface area contributed by atoms with Gasteiger partial charge in [-0.15, -0.1) is 10.2 Å². The SMILES string of the molecule is Cc1nnc(SC(C)C(=O)NCCC2=CCCCC2)n1Cc1ccccc1. The molecule has 27 heavy (non-hydrogen) atoms. The summed E-state index contributed by atoms with van der Waals surface area (Å²) in [5.74, 6) is 0.918. The predicted molar refractivity (Wildman–Crippen MR) is 110 cm³/mol. The summed E-state index contributed by atoms with van der Waals surface area (Å²) in [6, 6.07) is 10.2. The third kappa shape index (κ3) is 5.70. The number of thioether (sulfide) groups is 1. The lowest BCUT2D eigenvalue weighted by atomic mass is 9.97. The first-order valence-corrected chi connectivity index (χ1v) is 10.6. The van der Waals surface area contributed by atoms with E-state index in [2.05, 4.69) is 38.3 Å². The van der Waals surface area contributed by atoms with Crippen LogP contribution in [0.15, 0.2) is 47.1 Å². The number of nitrogens with one attached hydrogen (secondary N) is 1. The van der Waals surface area contributed by atoms with E-state index in [4.69, 9.17) is 0 Å². The van der Waals surface area contributed by atoms with Crippen molar-refractivity contribution in [2.24, 2.45) is 0 Å². The molecule has 0 saturated heterocycles. The van der Waals surface area contributed by atoms with Crippen LogP contribution in [0.25, 0.3) is 0 Å². The number of amides is 1. The van der Waals surface area contributed by atoms with Gasteiger partial charge >= 0.3 is 0 Å². The largest absolute Gasteiger partial charge is 0.355 e. The fraction of sp³-hybridized carbons (Fsp3) is 0.476. The van der Waals surface area contributed by atoms with E-state index >= 15 is 0 Å². The van der Waals surface area contributed by atoms with E-state index in [-0.39, 0.29) is 11.2 Å². The lowest BCUT2D eigenvalue weighted by molar-refractivity contribution is -0.120. The van der Waals surface area contributed by atoms with Crippen LogP contribution in [0.2, 0.25) is 0 Å². The van der Waals surface area contributed by atoms with Crippen molar-refractivity contribution >= 4 is 17.7 Å².